The number of carbonyl (C=O) groups excluding carboxylic acids is 2. The van der Waals surface area contributed by atoms with Crippen LogP contribution in [-0.4, -0.2) is 49.6 Å². The van der Waals surface area contributed by atoms with Gasteiger partial charge in [0, 0.05) is 18.3 Å². The van der Waals surface area contributed by atoms with Crippen LogP contribution in [0.25, 0.3) is 0 Å². The first kappa shape index (κ1) is 14.1. The van der Waals surface area contributed by atoms with Gasteiger partial charge in [0.2, 0.25) is 5.91 Å². The molecule has 1 saturated heterocycles. The van der Waals surface area contributed by atoms with E-state index >= 15 is 0 Å². The van der Waals surface area contributed by atoms with E-state index in [2.05, 4.69) is 0 Å². The Morgan fingerprint density at radius 3 is 2.80 bits per heavy atom. The number of nitrogens with two attached hydrogens (primary N) is 2. The summed E-state index contributed by atoms with van der Waals surface area (Å²) in [6.07, 6.45) is 0. The van der Waals surface area contributed by atoms with Crippen LogP contribution in [0.1, 0.15) is 10.4 Å². The summed E-state index contributed by atoms with van der Waals surface area (Å²) in [6.45, 7) is 0.778. The highest BCUT2D eigenvalue weighted by Crippen LogP contribution is 2.22. The molecule has 7 nitrogen and oxygen atoms in total. The van der Waals surface area contributed by atoms with Crippen molar-refractivity contribution >= 4 is 17.5 Å². The van der Waals surface area contributed by atoms with Crippen molar-refractivity contribution in [1.29, 1.82) is 0 Å². The summed E-state index contributed by atoms with van der Waals surface area (Å²) in [5.41, 5.74) is 11.8. The van der Waals surface area contributed by atoms with E-state index in [1.807, 2.05) is 0 Å². The summed E-state index contributed by atoms with van der Waals surface area (Å²) in [4.78, 5) is 25.3. The molecule has 0 bridgehead atoms. The van der Waals surface area contributed by atoms with E-state index in [1.54, 1.807) is 18.2 Å². The average Bonchev–Trinajstić information content (AvgIpc) is 2.46. The number of nitrogens with zero attached hydrogens (tertiary/aromatic N) is 1. The lowest BCUT2D eigenvalue weighted by Crippen LogP contribution is -2.54. The van der Waals surface area contributed by atoms with Gasteiger partial charge in [0.15, 0.2) is 0 Å². The van der Waals surface area contributed by atoms with Gasteiger partial charge in [0.05, 0.1) is 25.9 Å². The van der Waals surface area contributed by atoms with Crippen LogP contribution in [-0.2, 0) is 9.53 Å². The van der Waals surface area contributed by atoms with Gasteiger partial charge in [-0.15, -0.1) is 0 Å². The van der Waals surface area contributed by atoms with Gasteiger partial charge in [0.1, 0.15) is 11.8 Å². The van der Waals surface area contributed by atoms with Crippen LogP contribution in [0, 0.1) is 0 Å². The minimum Gasteiger partial charge on any atom is -0.497 e. The van der Waals surface area contributed by atoms with Crippen LogP contribution in [0.4, 0.5) is 5.69 Å². The van der Waals surface area contributed by atoms with Crippen LogP contribution < -0.4 is 16.2 Å². The Labute approximate surface area is 116 Å². The van der Waals surface area contributed by atoms with E-state index in [0.29, 0.717) is 30.2 Å². The lowest BCUT2D eigenvalue weighted by molar-refractivity contribution is -0.127. The number of ether oxygens (including phenoxy) is 2. The monoisotopic (exact) mass is 279 g/mol. The zero-order valence-electron chi connectivity index (χ0n) is 11.2. The van der Waals surface area contributed by atoms with Crippen LogP contribution in [0.15, 0.2) is 18.2 Å². The first-order valence-electron chi connectivity index (χ1n) is 6.16. The van der Waals surface area contributed by atoms with E-state index < -0.39 is 11.9 Å². The zero-order valence-corrected chi connectivity index (χ0v) is 11.2. The number of anilines is 1. The van der Waals surface area contributed by atoms with Crippen LogP contribution in [0.5, 0.6) is 5.75 Å². The highest BCUT2D eigenvalue weighted by atomic mass is 16.5. The van der Waals surface area contributed by atoms with Crippen molar-refractivity contribution in [2.24, 2.45) is 5.73 Å². The highest BCUT2D eigenvalue weighted by Gasteiger charge is 2.32. The topological polar surface area (TPSA) is 108 Å². The summed E-state index contributed by atoms with van der Waals surface area (Å²) >= 11 is 0. The van der Waals surface area contributed by atoms with Crippen molar-refractivity contribution in [3.63, 3.8) is 0 Å². The van der Waals surface area contributed by atoms with Gasteiger partial charge in [-0.05, 0) is 12.1 Å². The maximum Gasteiger partial charge on any atom is 0.256 e. The smallest absolute Gasteiger partial charge is 0.256 e. The minimum atomic E-state index is -0.766. The first-order chi connectivity index (χ1) is 9.54. The second-order valence-electron chi connectivity index (χ2n) is 4.44. The number of hydrogen-bond donors (Lipinski definition) is 2. The Kier molecular flexibility index (Phi) is 4.09. The summed E-state index contributed by atoms with van der Waals surface area (Å²) in [5.74, 6) is -0.366. The summed E-state index contributed by atoms with van der Waals surface area (Å²) in [5, 5.41) is 0. The lowest BCUT2D eigenvalue weighted by Gasteiger charge is -2.33. The molecule has 1 fully saturated rings. The van der Waals surface area contributed by atoms with Gasteiger partial charge in [-0.25, -0.2) is 0 Å². The number of hydrogen-bond acceptors (Lipinski definition) is 5. The van der Waals surface area contributed by atoms with Crippen LogP contribution >= 0.6 is 0 Å². The number of primary amides is 1. The lowest BCUT2D eigenvalue weighted by atomic mass is 10.1. The molecule has 20 heavy (non-hydrogen) atoms. The third-order valence-corrected chi connectivity index (χ3v) is 3.21. The minimum absolute atomic E-state index is 0.108. The van der Waals surface area contributed by atoms with Gasteiger partial charge in [-0.3, -0.25) is 9.59 Å². The number of carbonyl (C=O) groups is 2. The maximum atomic E-state index is 12.5. The van der Waals surface area contributed by atoms with Gasteiger partial charge in [-0.1, -0.05) is 0 Å². The fourth-order valence-corrected chi connectivity index (χ4v) is 2.10. The molecule has 0 saturated carbocycles. The van der Waals surface area contributed by atoms with E-state index in [1.165, 1.54) is 12.0 Å². The normalized spacial score (nSPS) is 18.6. The van der Waals surface area contributed by atoms with Gasteiger partial charge in [0.25, 0.3) is 5.91 Å². The predicted molar refractivity (Wildman–Crippen MR) is 72.2 cm³/mol. The summed E-state index contributed by atoms with van der Waals surface area (Å²) in [6, 6.07) is 4.01. The molecule has 1 aromatic carbocycles. The molecule has 4 N–H and O–H groups in total. The number of benzene rings is 1. The van der Waals surface area contributed by atoms with E-state index in [9.17, 15) is 9.59 Å². The van der Waals surface area contributed by atoms with Crippen LogP contribution in [0.3, 0.4) is 0 Å². The predicted octanol–water partition coefficient (Wildman–Crippen LogP) is -0.396. The van der Waals surface area contributed by atoms with E-state index in [0.717, 1.165) is 0 Å². The molecule has 1 heterocycles. The van der Waals surface area contributed by atoms with Crippen molar-refractivity contribution in [3.8, 4) is 5.75 Å². The molecule has 0 aromatic heterocycles. The van der Waals surface area contributed by atoms with Gasteiger partial charge < -0.3 is 25.8 Å². The molecule has 1 atom stereocenters. The molecule has 7 heteroatoms. The number of rotatable bonds is 3. The molecule has 1 aliphatic rings. The Morgan fingerprint density at radius 1 is 1.45 bits per heavy atom. The van der Waals surface area contributed by atoms with E-state index in [-0.39, 0.29) is 12.5 Å². The van der Waals surface area contributed by atoms with Crippen molar-refractivity contribution in [1.82, 2.24) is 4.90 Å². The molecule has 2 rings (SSSR count). The Bertz CT molecular complexity index is 532. The fraction of sp³-hybridized carbons (Fsp3) is 0.385. The fourth-order valence-electron chi connectivity index (χ4n) is 2.10. The quantitative estimate of drug-likeness (QED) is 0.732. The molecule has 1 aromatic rings. The average molecular weight is 279 g/mol. The van der Waals surface area contributed by atoms with Crippen LogP contribution in [0.2, 0.25) is 0 Å². The molecule has 0 radical (unpaired) electrons. The van der Waals surface area contributed by atoms with Crippen molar-refractivity contribution in [2.75, 3.05) is 32.6 Å². The largest absolute Gasteiger partial charge is 0.497 e. The third kappa shape index (κ3) is 2.67. The first-order valence-corrected chi connectivity index (χ1v) is 6.16. The van der Waals surface area contributed by atoms with Gasteiger partial charge in [-0.2, -0.15) is 0 Å². The summed E-state index contributed by atoms with van der Waals surface area (Å²) in [7, 11) is 1.52. The molecular weight excluding hydrogens is 262 g/mol. The van der Waals surface area contributed by atoms with E-state index in [4.69, 9.17) is 20.9 Å². The second kappa shape index (κ2) is 5.79. The molecule has 2 amide bonds. The number of methoxy groups -OCH3 is 1. The molecular formula is C13H17N3O4. The Hall–Kier alpha value is -2.28. The zero-order chi connectivity index (χ0) is 14.7. The molecule has 1 aliphatic heterocycles. The molecule has 0 spiro atoms. The summed E-state index contributed by atoms with van der Waals surface area (Å²) < 4.78 is 10.2. The highest BCUT2D eigenvalue weighted by molar-refractivity contribution is 6.01. The Balaban J connectivity index is 2.27. The number of amides is 2. The maximum absolute atomic E-state index is 12.5. The molecule has 108 valence electrons. The third-order valence-electron chi connectivity index (χ3n) is 3.21. The number of morpholine rings is 1. The van der Waals surface area contributed by atoms with Crippen molar-refractivity contribution in [2.45, 2.75) is 6.04 Å². The number of nitrogen functional groups attached to an aromatic ring is 1. The van der Waals surface area contributed by atoms with Crippen molar-refractivity contribution < 1.29 is 19.1 Å². The molecule has 1 unspecified atom stereocenters. The standard InChI is InChI=1S/C13H17N3O4/c1-19-8-2-3-9(10(14)6-8)13(18)16-4-5-20-7-11(16)12(15)17/h2-3,6,11H,4-5,7,14H2,1H3,(H2,15,17). The molecule has 0 aliphatic carbocycles. The second-order valence-corrected chi connectivity index (χ2v) is 4.44. The SMILES string of the molecule is COc1ccc(C(=O)N2CCOCC2C(N)=O)c(N)c1. The Morgan fingerprint density at radius 2 is 2.20 bits per heavy atom. The van der Waals surface area contributed by atoms with Crippen molar-refractivity contribution in [3.05, 3.63) is 23.8 Å². The van der Waals surface area contributed by atoms with Gasteiger partial charge >= 0.3 is 0 Å².